The van der Waals surface area contributed by atoms with Gasteiger partial charge in [-0.3, -0.25) is 4.79 Å². The molecule has 0 saturated carbocycles. The fraction of sp³-hybridized carbons (Fsp3) is 0.263. The number of methoxy groups -OCH3 is 2. The molecule has 0 saturated heterocycles. The second-order valence-electron chi connectivity index (χ2n) is 6.58. The van der Waals surface area contributed by atoms with Gasteiger partial charge in [-0.15, -0.1) is 12.4 Å². The summed E-state index contributed by atoms with van der Waals surface area (Å²) < 4.78 is 74.4. The first kappa shape index (κ1) is 25.4. The number of H-pyrrole nitrogens is 1. The van der Waals surface area contributed by atoms with Gasteiger partial charge in [-0.25, -0.2) is 17.8 Å². The molecule has 3 aromatic rings. The molecule has 0 atom stereocenters. The number of hydrogen-bond acceptors (Lipinski definition) is 6. The highest BCUT2D eigenvalue weighted by molar-refractivity contribution is 7.69. The normalized spacial score (nSPS) is 11.6. The Morgan fingerprint density at radius 3 is 2.19 bits per heavy atom. The van der Waals surface area contributed by atoms with Crippen LogP contribution in [-0.2, 0) is 23.6 Å². The third kappa shape index (κ3) is 4.97. The van der Waals surface area contributed by atoms with Crippen LogP contribution in [-0.4, -0.2) is 44.2 Å². The minimum absolute atomic E-state index is 0. The molecule has 3 rings (SSSR count). The first-order valence-electron chi connectivity index (χ1n) is 8.77. The minimum Gasteiger partial charge on any atom is -0.493 e. The van der Waals surface area contributed by atoms with E-state index in [0.29, 0.717) is 0 Å². The van der Waals surface area contributed by atoms with Gasteiger partial charge in [-0.1, -0.05) is 12.1 Å². The zero-order valence-corrected chi connectivity index (χ0v) is 18.7. The Morgan fingerprint density at radius 1 is 1.06 bits per heavy atom. The third-order valence-electron chi connectivity index (χ3n) is 4.66. The Balaban J connectivity index is 0.00000363. The van der Waals surface area contributed by atoms with Crippen LogP contribution >= 0.6 is 12.4 Å². The number of nitrogens with zero attached hydrogens (tertiary/aromatic N) is 2. The van der Waals surface area contributed by atoms with E-state index in [9.17, 15) is 26.4 Å². The standard InChI is InChI=1S/C19H18F3N3O5S.ClH/c1-25(31(27)28)9-11-5-4-10(6-14(11)19(20,21)22)17-12-7-15(29-2)16(30-3)8-13(12)18(26)24-23-17;/h4-8,31H,9H2,1-3H3,(H,24,26);1H. The van der Waals surface area contributed by atoms with Crippen molar-refractivity contribution in [3.05, 3.63) is 51.8 Å². The summed E-state index contributed by atoms with van der Waals surface area (Å²) >= 11 is 0. The van der Waals surface area contributed by atoms with E-state index in [4.69, 9.17) is 9.47 Å². The lowest BCUT2D eigenvalue weighted by molar-refractivity contribution is -0.138. The Labute approximate surface area is 188 Å². The summed E-state index contributed by atoms with van der Waals surface area (Å²) in [4.78, 5) is 12.2. The lowest BCUT2D eigenvalue weighted by Gasteiger charge is -2.17. The maximum absolute atomic E-state index is 13.7. The van der Waals surface area contributed by atoms with Crippen molar-refractivity contribution < 1.29 is 31.1 Å². The van der Waals surface area contributed by atoms with Gasteiger partial charge in [0, 0.05) is 24.5 Å². The number of nitrogens with one attached hydrogen (secondary N) is 1. The van der Waals surface area contributed by atoms with Gasteiger partial charge >= 0.3 is 6.18 Å². The molecule has 0 bridgehead atoms. The molecule has 0 aliphatic carbocycles. The highest BCUT2D eigenvalue weighted by Crippen LogP contribution is 2.38. The van der Waals surface area contributed by atoms with Gasteiger partial charge < -0.3 is 9.47 Å². The molecular weight excluding hydrogens is 475 g/mol. The van der Waals surface area contributed by atoms with Gasteiger partial charge in [0.1, 0.15) is 0 Å². The maximum Gasteiger partial charge on any atom is 0.416 e. The van der Waals surface area contributed by atoms with Crippen LogP contribution < -0.4 is 15.0 Å². The zero-order chi connectivity index (χ0) is 22.9. The Bertz CT molecular complexity index is 1270. The predicted octanol–water partition coefficient (Wildman–Crippen LogP) is 3.01. The number of alkyl halides is 3. The Kier molecular flexibility index (Phi) is 7.75. The van der Waals surface area contributed by atoms with E-state index in [1.807, 2.05) is 0 Å². The molecule has 1 aromatic heterocycles. The fourth-order valence-electron chi connectivity index (χ4n) is 3.14. The molecule has 174 valence electrons. The molecule has 2 aromatic carbocycles. The van der Waals surface area contributed by atoms with Crippen molar-refractivity contribution >= 4 is 34.1 Å². The highest BCUT2D eigenvalue weighted by atomic mass is 35.5. The number of hydrogen-bond donors (Lipinski definition) is 2. The van der Waals surface area contributed by atoms with Crippen molar-refractivity contribution in [2.45, 2.75) is 12.7 Å². The summed E-state index contributed by atoms with van der Waals surface area (Å²) in [5.74, 6) is 0.552. The molecule has 8 nitrogen and oxygen atoms in total. The Hall–Kier alpha value is -2.83. The van der Waals surface area contributed by atoms with Crippen LogP contribution in [0.2, 0.25) is 0 Å². The molecule has 0 aliphatic heterocycles. The molecule has 13 heteroatoms. The second kappa shape index (κ2) is 9.76. The van der Waals surface area contributed by atoms with E-state index >= 15 is 0 Å². The second-order valence-corrected chi connectivity index (χ2v) is 7.74. The van der Waals surface area contributed by atoms with Gasteiger partial charge in [0.25, 0.3) is 5.56 Å². The number of aromatic nitrogens is 2. The quantitative estimate of drug-likeness (QED) is 0.512. The number of ether oxygens (including phenoxy) is 2. The van der Waals surface area contributed by atoms with Crippen LogP contribution in [0.3, 0.4) is 0 Å². The molecule has 1 N–H and O–H groups in total. The van der Waals surface area contributed by atoms with Crippen molar-refractivity contribution in [1.82, 2.24) is 14.5 Å². The number of thiol groups is 1. The fourth-order valence-corrected chi connectivity index (χ4v) is 3.41. The summed E-state index contributed by atoms with van der Waals surface area (Å²) in [5.41, 5.74) is -1.59. The highest BCUT2D eigenvalue weighted by Gasteiger charge is 2.34. The Morgan fingerprint density at radius 2 is 1.66 bits per heavy atom. The molecule has 0 unspecified atom stereocenters. The van der Waals surface area contributed by atoms with E-state index in [1.165, 1.54) is 45.5 Å². The van der Waals surface area contributed by atoms with E-state index in [-0.39, 0.29) is 51.5 Å². The van der Waals surface area contributed by atoms with Crippen LogP contribution in [0.1, 0.15) is 11.1 Å². The van der Waals surface area contributed by atoms with Gasteiger partial charge in [0.05, 0.1) is 30.9 Å². The summed E-state index contributed by atoms with van der Waals surface area (Å²) in [7, 11) is 0.919. The van der Waals surface area contributed by atoms with E-state index in [2.05, 4.69) is 10.2 Å². The molecule has 32 heavy (non-hydrogen) atoms. The SMILES string of the molecule is COc1cc2c(-c3ccc(CN(C)[SH](=O)=O)c(C(F)(F)F)c3)n[nH]c(=O)c2cc1OC.Cl. The van der Waals surface area contributed by atoms with E-state index in [0.717, 1.165) is 10.4 Å². The number of fused-ring (bicyclic) bond motifs is 1. The van der Waals surface area contributed by atoms with Crippen LogP contribution in [0.25, 0.3) is 22.0 Å². The molecule has 0 amide bonds. The van der Waals surface area contributed by atoms with E-state index < -0.39 is 34.7 Å². The zero-order valence-electron chi connectivity index (χ0n) is 17.0. The topological polar surface area (TPSA) is 102 Å². The van der Waals surface area contributed by atoms with Crippen molar-refractivity contribution in [3.8, 4) is 22.8 Å². The smallest absolute Gasteiger partial charge is 0.416 e. The predicted molar refractivity (Wildman–Crippen MR) is 115 cm³/mol. The molecule has 0 spiro atoms. The van der Waals surface area contributed by atoms with Crippen molar-refractivity contribution in [2.75, 3.05) is 21.3 Å². The summed E-state index contributed by atoms with van der Waals surface area (Å²) in [5, 5.41) is 6.64. The summed E-state index contributed by atoms with van der Waals surface area (Å²) in [6.07, 6.45) is -4.74. The summed E-state index contributed by atoms with van der Waals surface area (Å²) in [6, 6.07) is 6.32. The van der Waals surface area contributed by atoms with Crippen LogP contribution in [0, 0.1) is 0 Å². The van der Waals surface area contributed by atoms with E-state index in [1.54, 1.807) is 0 Å². The first-order valence-corrected chi connectivity index (χ1v) is 9.90. The van der Waals surface area contributed by atoms with Crippen LogP contribution in [0.5, 0.6) is 11.5 Å². The largest absolute Gasteiger partial charge is 0.493 e. The van der Waals surface area contributed by atoms with Crippen LogP contribution in [0.15, 0.2) is 35.1 Å². The van der Waals surface area contributed by atoms with Crippen molar-refractivity contribution in [3.63, 3.8) is 0 Å². The number of halogens is 4. The first-order chi connectivity index (χ1) is 14.6. The third-order valence-corrected chi connectivity index (χ3v) is 5.36. The molecule has 0 aliphatic rings. The lowest BCUT2D eigenvalue weighted by Crippen LogP contribution is -2.19. The lowest BCUT2D eigenvalue weighted by atomic mass is 9.98. The molecule has 1 heterocycles. The average Bonchev–Trinajstić information content (AvgIpc) is 2.72. The monoisotopic (exact) mass is 493 g/mol. The van der Waals surface area contributed by atoms with Crippen LogP contribution in [0.4, 0.5) is 13.2 Å². The minimum atomic E-state index is -4.74. The van der Waals surface area contributed by atoms with Crippen molar-refractivity contribution in [2.24, 2.45) is 0 Å². The number of aromatic amines is 1. The van der Waals surface area contributed by atoms with Gasteiger partial charge in [-0.05, 0) is 23.8 Å². The molecule has 0 radical (unpaired) electrons. The van der Waals surface area contributed by atoms with Gasteiger partial charge in [0.2, 0.25) is 10.9 Å². The number of rotatable bonds is 6. The van der Waals surface area contributed by atoms with Gasteiger partial charge in [0.15, 0.2) is 11.5 Å². The summed E-state index contributed by atoms with van der Waals surface area (Å²) in [6.45, 7) is -0.446. The average molecular weight is 494 g/mol. The maximum atomic E-state index is 13.7. The molecular formula is C19H19ClF3N3O5S. The number of benzene rings is 2. The molecule has 0 fully saturated rings. The van der Waals surface area contributed by atoms with Gasteiger partial charge in [-0.2, -0.15) is 18.3 Å². The van der Waals surface area contributed by atoms with Crippen molar-refractivity contribution in [1.29, 1.82) is 0 Å².